The van der Waals surface area contributed by atoms with Gasteiger partial charge in [-0.25, -0.2) is 4.98 Å². The normalized spacial score (nSPS) is 17.0. The number of rotatable bonds is 6. The minimum atomic E-state index is -4.40. The van der Waals surface area contributed by atoms with Crippen LogP contribution in [0.4, 0.5) is 24.7 Å². The number of aromatic nitrogens is 1. The zero-order valence-corrected chi connectivity index (χ0v) is 22.0. The Balaban J connectivity index is 1.16. The maximum atomic E-state index is 13.1. The lowest BCUT2D eigenvalue weighted by Crippen LogP contribution is -2.38. The second kappa shape index (κ2) is 10.4. The third kappa shape index (κ3) is 5.62. The van der Waals surface area contributed by atoms with Crippen molar-refractivity contribution in [2.75, 3.05) is 37.4 Å². The molecule has 9 heteroatoms. The van der Waals surface area contributed by atoms with Crippen molar-refractivity contribution in [2.45, 2.75) is 43.2 Å². The number of carbonyl (C=O) groups excluding carboxylic acids is 2. The van der Waals surface area contributed by atoms with Crippen LogP contribution >= 0.6 is 0 Å². The van der Waals surface area contributed by atoms with Gasteiger partial charge in [-0.2, -0.15) is 13.2 Å². The Labute approximate surface area is 225 Å². The van der Waals surface area contributed by atoms with Crippen LogP contribution in [0.3, 0.4) is 0 Å². The lowest BCUT2D eigenvalue weighted by molar-refractivity contribution is -0.137. The molecule has 2 fully saturated rings. The van der Waals surface area contributed by atoms with E-state index in [1.165, 1.54) is 12.1 Å². The van der Waals surface area contributed by atoms with Gasteiger partial charge in [-0.1, -0.05) is 24.3 Å². The Bertz CT molecular complexity index is 1320. The number of halogens is 3. The van der Waals surface area contributed by atoms with Crippen molar-refractivity contribution in [1.29, 1.82) is 0 Å². The smallest absolute Gasteiger partial charge is 0.363 e. The number of likely N-dealkylation sites (tertiary alicyclic amines) is 1. The van der Waals surface area contributed by atoms with Crippen molar-refractivity contribution < 1.29 is 22.8 Å². The van der Waals surface area contributed by atoms with Crippen LogP contribution in [0.5, 0.6) is 0 Å². The highest BCUT2D eigenvalue weighted by atomic mass is 19.4. The van der Waals surface area contributed by atoms with E-state index in [4.69, 9.17) is 0 Å². The number of nitrogens with one attached hydrogen (secondary N) is 1. The molecule has 204 valence electrons. The molecule has 1 aliphatic carbocycles. The van der Waals surface area contributed by atoms with Crippen LogP contribution in [0.1, 0.15) is 58.6 Å². The van der Waals surface area contributed by atoms with E-state index < -0.39 is 17.2 Å². The highest BCUT2D eigenvalue weighted by Crippen LogP contribution is 2.49. The zero-order valence-electron chi connectivity index (χ0n) is 22.0. The summed E-state index contributed by atoms with van der Waals surface area (Å²) < 4.78 is 38.7. The Hall–Kier alpha value is -3.88. The Kier molecular flexibility index (Phi) is 7.09. The van der Waals surface area contributed by atoms with Gasteiger partial charge in [0.05, 0.1) is 16.5 Å². The molecule has 5 rings (SSSR count). The van der Waals surface area contributed by atoms with Gasteiger partial charge in [0.25, 0.3) is 5.91 Å². The van der Waals surface area contributed by atoms with Gasteiger partial charge in [0.1, 0.15) is 5.82 Å². The summed E-state index contributed by atoms with van der Waals surface area (Å²) in [6.45, 7) is 1.32. The summed E-state index contributed by atoms with van der Waals surface area (Å²) in [4.78, 5) is 34.1. The molecule has 1 N–H and O–H groups in total. The molecule has 1 aliphatic heterocycles. The van der Waals surface area contributed by atoms with Crippen LogP contribution < -0.4 is 10.2 Å². The van der Waals surface area contributed by atoms with E-state index in [-0.39, 0.29) is 11.8 Å². The molecule has 2 heterocycles. The minimum absolute atomic E-state index is 0.00799. The number of pyridine rings is 1. The van der Waals surface area contributed by atoms with Gasteiger partial charge >= 0.3 is 6.18 Å². The van der Waals surface area contributed by atoms with Gasteiger partial charge in [-0.05, 0) is 79.1 Å². The lowest BCUT2D eigenvalue weighted by Gasteiger charge is -2.32. The van der Waals surface area contributed by atoms with Crippen LogP contribution in [0.15, 0.2) is 66.9 Å². The molecule has 1 saturated carbocycles. The van der Waals surface area contributed by atoms with Crippen molar-refractivity contribution >= 4 is 23.3 Å². The largest absolute Gasteiger partial charge is 0.416 e. The first-order valence-electron chi connectivity index (χ1n) is 13.1. The fourth-order valence-electron chi connectivity index (χ4n) is 5.22. The van der Waals surface area contributed by atoms with Crippen molar-refractivity contribution in [3.8, 4) is 0 Å². The number of nitrogens with zero attached hydrogens (tertiary/aromatic N) is 3. The summed E-state index contributed by atoms with van der Waals surface area (Å²) in [5.74, 6) is 0.910. The average molecular weight is 537 g/mol. The Morgan fingerprint density at radius 3 is 2.10 bits per heavy atom. The number of amides is 2. The van der Waals surface area contributed by atoms with Crippen LogP contribution in [-0.4, -0.2) is 48.9 Å². The predicted octanol–water partition coefficient (Wildman–Crippen LogP) is 5.86. The Morgan fingerprint density at radius 2 is 1.59 bits per heavy atom. The number of benzene rings is 2. The van der Waals surface area contributed by atoms with Crippen molar-refractivity contribution in [3.63, 3.8) is 0 Å². The number of carbonyl (C=O) groups is 2. The SMILES string of the molecule is CN(C)c1ccc(C(=O)N2CCC(c3ccc(NC(=O)C4(c5ccc(C(F)(F)F)cc5)CC4)cc3)CC2)cn1. The third-order valence-corrected chi connectivity index (χ3v) is 7.82. The monoisotopic (exact) mass is 536 g/mol. The molecule has 0 radical (unpaired) electrons. The van der Waals surface area contributed by atoms with Crippen LogP contribution in [0.2, 0.25) is 0 Å². The van der Waals surface area contributed by atoms with Gasteiger partial charge < -0.3 is 15.1 Å². The van der Waals surface area contributed by atoms with Gasteiger partial charge in [0, 0.05) is 39.1 Å². The van der Waals surface area contributed by atoms with E-state index in [0.717, 1.165) is 36.4 Å². The first-order chi connectivity index (χ1) is 18.6. The molecule has 3 aromatic rings. The summed E-state index contributed by atoms with van der Waals surface area (Å²) in [6.07, 6.45) is 0.126. The van der Waals surface area contributed by atoms with E-state index in [2.05, 4.69) is 10.3 Å². The number of piperidine rings is 1. The molecule has 1 aromatic heterocycles. The number of hydrogen-bond acceptors (Lipinski definition) is 4. The molecule has 2 amide bonds. The zero-order chi connectivity index (χ0) is 27.8. The molecular weight excluding hydrogens is 505 g/mol. The highest BCUT2D eigenvalue weighted by Gasteiger charge is 2.51. The maximum Gasteiger partial charge on any atom is 0.416 e. The molecular formula is C30H31F3N4O2. The first-order valence-corrected chi connectivity index (χ1v) is 13.1. The summed E-state index contributed by atoms with van der Waals surface area (Å²) in [5, 5.41) is 2.95. The maximum absolute atomic E-state index is 13.1. The molecule has 0 unspecified atom stereocenters. The molecule has 2 aromatic carbocycles. The number of anilines is 2. The first kappa shape index (κ1) is 26.7. The van der Waals surface area contributed by atoms with Crippen molar-refractivity contribution in [3.05, 3.63) is 89.1 Å². The van der Waals surface area contributed by atoms with E-state index in [0.29, 0.717) is 48.7 Å². The van der Waals surface area contributed by atoms with E-state index in [9.17, 15) is 22.8 Å². The summed E-state index contributed by atoms with van der Waals surface area (Å²) >= 11 is 0. The molecule has 1 saturated heterocycles. The van der Waals surface area contributed by atoms with Crippen LogP contribution in [-0.2, 0) is 16.4 Å². The van der Waals surface area contributed by atoms with Crippen molar-refractivity contribution in [2.24, 2.45) is 0 Å². The van der Waals surface area contributed by atoms with Gasteiger partial charge in [-0.15, -0.1) is 0 Å². The minimum Gasteiger partial charge on any atom is -0.363 e. The van der Waals surface area contributed by atoms with Gasteiger partial charge in [-0.3, -0.25) is 9.59 Å². The van der Waals surface area contributed by atoms with E-state index in [1.54, 1.807) is 6.20 Å². The second-order valence-corrected chi connectivity index (χ2v) is 10.6. The number of hydrogen-bond donors (Lipinski definition) is 1. The van der Waals surface area contributed by atoms with Crippen LogP contribution in [0, 0.1) is 0 Å². The van der Waals surface area contributed by atoms with E-state index in [1.807, 2.05) is 60.3 Å². The molecule has 0 spiro atoms. The Morgan fingerprint density at radius 1 is 0.949 bits per heavy atom. The van der Waals surface area contributed by atoms with Gasteiger partial charge in [0.2, 0.25) is 5.91 Å². The lowest BCUT2D eigenvalue weighted by atomic mass is 9.89. The van der Waals surface area contributed by atoms with Crippen molar-refractivity contribution in [1.82, 2.24) is 9.88 Å². The second-order valence-electron chi connectivity index (χ2n) is 10.6. The molecule has 0 atom stereocenters. The van der Waals surface area contributed by atoms with Gasteiger partial charge in [0.15, 0.2) is 0 Å². The summed E-state index contributed by atoms with van der Waals surface area (Å²) in [6, 6.07) is 16.3. The quantitative estimate of drug-likeness (QED) is 0.429. The fourth-order valence-corrected chi connectivity index (χ4v) is 5.22. The standard InChI is InChI=1S/C30H31F3N4O2/c1-36(2)26-12-5-22(19-34-26)27(38)37-17-13-21(14-18-37)20-3-10-25(11-4-20)35-28(39)29(15-16-29)23-6-8-24(9-7-23)30(31,32)33/h3-12,19,21H,13-18H2,1-2H3,(H,35,39). The third-order valence-electron chi connectivity index (χ3n) is 7.82. The fraction of sp³-hybridized carbons (Fsp3) is 0.367. The number of alkyl halides is 3. The van der Waals surface area contributed by atoms with E-state index >= 15 is 0 Å². The van der Waals surface area contributed by atoms with Crippen LogP contribution in [0.25, 0.3) is 0 Å². The molecule has 6 nitrogen and oxygen atoms in total. The molecule has 2 aliphatic rings. The summed E-state index contributed by atoms with van der Waals surface area (Å²) in [5.41, 5.74) is 1.51. The summed E-state index contributed by atoms with van der Waals surface area (Å²) in [7, 11) is 3.81. The topological polar surface area (TPSA) is 65.5 Å². The highest BCUT2D eigenvalue weighted by molar-refractivity contribution is 6.01. The molecule has 39 heavy (non-hydrogen) atoms. The average Bonchev–Trinajstić information content (AvgIpc) is 3.75. The molecule has 0 bridgehead atoms. The predicted molar refractivity (Wildman–Crippen MR) is 144 cm³/mol.